The molecule has 2 aromatic carbocycles. The van der Waals surface area contributed by atoms with Gasteiger partial charge in [0.15, 0.2) is 5.78 Å². The Kier molecular flexibility index (Phi) is 13.5. The van der Waals surface area contributed by atoms with Crippen LogP contribution in [0.4, 0.5) is 0 Å². The maximum absolute atomic E-state index is 15.8. The minimum atomic E-state index is -0.996. The maximum Gasteiger partial charge on any atom is 0.303 e. The molecule has 0 aliphatic carbocycles. The SMILES string of the molecule is CCc1c2[nH]c(c1C)C(C(=O)[C@H](Cc1ccccc1)NC(=O)[C@@H](N)Cc1ccccc1)=c1[nH]c(c(C)c1CC)=Cc1[nH]c(c(CCC(=O)O)c1C)C=c1[nH]c(c(C)c1CCC(=O)O)=C2. The van der Waals surface area contributed by atoms with Crippen molar-refractivity contribution in [2.45, 2.75) is 105 Å². The number of hydrogen-bond acceptors (Lipinski definition) is 5. The van der Waals surface area contributed by atoms with E-state index >= 15 is 4.79 Å². The van der Waals surface area contributed by atoms with E-state index in [2.05, 4.69) is 39.1 Å². The van der Waals surface area contributed by atoms with Crippen LogP contribution in [0.15, 0.2) is 60.7 Å². The summed E-state index contributed by atoms with van der Waals surface area (Å²) in [5.74, 6) is -2.55. The van der Waals surface area contributed by atoms with E-state index in [1.807, 2.05) is 107 Å². The van der Waals surface area contributed by atoms with E-state index in [1.54, 1.807) is 0 Å². The van der Waals surface area contributed by atoms with Gasteiger partial charge >= 0.3 is 11.9 Å². The van der Waals surface area contributed by atoms with Crippen LogP contribution < -0.4 is 32.4 Å². The Morgan fingerprint density at radius 3 is 1.73 bits per heavy atom. The predicted molar refractivity (Wildman–Crippen MR) is 250 cm³/mol. The normalized spacial score (nSPS) is 13.1. The number of carbonyl (C=O) groups excluding carboxylic acids is 2. The van der Waals surface area contributed by atoms with E-state index in [1.165, 1.54) is 0 Å². The minimum absolute atomic E-state index is 0.0775. The molecular weight excluding hydrogens is 805 g/mol. The average molecular weight is 863 g/mol. The monoisotopic (exact) mass is 862 g/mol. The molecular formula is C52H58N6O6. The summed E-state index contributed by atoms with van der Waals surface area (Å²) >= 11 is 0. The Morgan fingerprint density at radius 1 is 0.594 bits per heavy atom. The van der Waals surface area contributed by atoms with E-state index in [0.29, 0.717) is 35.9 Å². The minimum Gasteiger partial charge on any atom is -0.481 e. The number of aromatic amines is 4. The Labute approximate surface area is 372 Å². The van der Waals surface area contributed by atoms with Crippen LogP contribution >= 0.6 is 0 Å². The molecule has 1 amide bonds. The molecule has 1 aliphatic heterocycles. The first-order valence-electron chi connectivity index (χ1n) is 22.1. The second-order valence-electron chi connectivity index (χ2n) is 16.9. The fourth-order valence-electron chi connectivity index (χ4n) is 9.22. The molecule has 64 heavy (non-hydrogen) atoms. The first-order chi connectivity index (χ1) is 30.7. The van der Waals surface area contributed by atoms with Crippen molar-refractivity contribution in [1.82, 2.24) is 25.3 Å². The second-order valence-corrected chi connectivity index (χ2v) is 16.9. The lowest BCUT2D eigenvalue weighted by Crippen LogP contribution is -2.50. The van der Waals surface area contributed by atoms with Crippen LogP contribution in [0, 0.1) is 27.7 Å². The van der Waals surface area contributed by atoms with E-state index in [-0.39, 0.29) is 37.9 Å². The van der Waals surface area contributed by atoms with E-state index in [0.717, 1.165) is 88.8 Å². The quantitative estimate of drug-likeness (QED) is 0.0709. The fourth-order valence-corrected chi connectivity index (χ4v) is 9.22. The number of carboxylic acids is 2. The molecule has 7 rings (SSSR count). The van der Waals surface area contributed by atoms with Gasteiger partial charge in [-0.2, -0.15) is 0 Å². The number of carboxylic acid groups (broad SMARTS) is 2. The summed E-state index contributed by atoms with van der Waals surface area (Å²) in [6, 6.07) is 17.3. The highest BCUT2D eigenvalue weighted by atomic mass is 16.4. The van der Waals surface area contributed by atoms with Crippen LogP contribution in [0.3, 0.4) is 0 Å². The fraction of sp³-hybridized carbons (Fsp3) is 0.308. The van der Waals surface area contributed by atoms with Crippen LogP contribution in [0.1, 0.15) is 105 Å². The summed E-state index contributed by atoms with van der Waals surface area (Å²) in [6.45, 7) is 12.1. The van der Waals surface area contributed by atoms with Crippen molar-refractivity contribution in [3.63, 3.8) is 0 Å². The number of fused-ring (bicyclic) bond motifs is 8. The molecule has 12 nitrogen and oxygen atoms in total. The molecule has 8 bridgehead atoms. The number of aliphatic carboxylic acids is 2. The third-order valence-electron chi connectivity index (χ3n) is 12.8. The van der Waals surface area contributed by atoms with Crippen LogP contribution in [-0.4, -0.2) is 65.9 Å². The van der Waals surface area contributed by atoms with Gasteiger partial charge in [0.1, 0.15) is 0 Å². The Balaban J connectivity index is 1.53. The van der Waals surface area contributed by atoms with Crippen LogP contribution in [0.25, 0.3) is 23.8 Å². The average Bonchev–Trinajstić information content (AvgIpc) is 3.95. The molecule has 1 aliphatic rings. The van der Waals surface area contributed by atoms with Gasteiger partial charge in [-0.1, -0.05) is 74.5 Å². The molecule has 2 atom stereocenters. The Bertz CT molecular complexity index is 3000. The van der Waals surface area contributed by atoms with Crippen molar-refractivity contribution in [2.24, 2.45) is 5.73 Å². The summed E-state index contributed by atoms with van der Waals surface area (Å²) in [5, 5.41) is 25.5. The van der Waals surface area contributed by atoms with Gasteiger partial charge in [-0.05, 0) is 134 Å². The molecule has 332 valence electrons. The molecule has 0 radical (unpaired) electrons. The summed E-state index contributed by atoms with van der Waals surface area (Å²) in [4.78, 5) is 68.2. The van der Waals surface area contributed by atoms with Crippen molar-refractivity contribution in [2.75, 3.05) is 0 Å². The third-order valence-corrected chi connectivity index (χ3v) is 12.8. The summed E-state index contributed by atoms with van der Waals surface area (Å²) in [5.41, 5.74) is 18.9. The number of Topliss-reactive ketones (excluding diaryl/α,β-unsaturated/α-hetero) is 1. The number of H-pyrrole nitrogens is 4. The number of aromatic nitrogens is 4. The molecule has 9 N–H and O–H groups in total. The lowest BCUT2D eigenvalue weighted by molar-refractivity contribution is -0.138. The number of nitrogens with one attached hydrogen (secondary N) is 5. The molecule has 12 heteroatoms. The Hall–Kier alpha value is -6.92. The highest BCUT2D eigenvalue weighted by molar-refractivity contribution is 6.23. The van der Waals surface area contributed by atoms with Crippen molar-refractivity contribution < 1.29 is 29.4 Å². The third kappa shape index (κ3) is 9.38. The molecule has 0 saturated carbocycles. The second kappa shape index (κ2) is 19.2. The van der Waals surface area contributed by atoms with Gasteiger partial charge in [-0.3, -0.25) is 19.2 Å². The molecule has 4 aromatic heterocycles. The zero-order valence-corrected chi connectivity index (χ0v) is 37.4. The number of benzene rings is 2. The maximum atomic E-state index is 15.8. The van der Waals surface area contributed by atoms with E-state index in [9.17, 15) is 24.6 Å². The zero-order chi connectivity index (χ0) is 45.8. The summed E-state index contributed by atoms with van der Waals surface area (Å²) in [6.07, 6.45) is 8.12. The highest BCUT2D eigenvalue weighted by Crippen LogP contribution is 2.28. The smallest absolute Gasteiger partial charge is 0.303 e. The van der Waals surface area contributed by atoms with Gasteiger partial charge in [0.05, 0.1) is 28.7 Å². The van der Waals surface area contributed by atoms with Crippen LogP contribution in [0.2, 0.25) is 0 Å². The van der Waals surface area contributed by atoms with Gasteiger partial charge in [-0.25, -0.2) is 0 Å². The van der Waals surface area contributed by atoms with Crippen molar-refractivity contribution in [1.29, 1.82) is 0 Å². The molecule has 0 fully saturated rings. The lowest BCUT2D eigenvalue weighted by atomic mass is 9.91. The highest BCUT2D eigenvalue weighted by Gasteiger charge is 2.31. The number of ketones is 1. The van der Waals surface area contributed by atoms with Gasteiger partial charge in [0, 0.05) is 52.4 Å². The van der Waals surface area contributed by atoms with Gasteiger partial charge in [-0.15, -0.1) is 0 Å². The van der Waals surface area contributed by atoms with Gasteiger partial charge in [0.2, 0.25) is 5.91 Å². The Morgan fingerprint density at radius 2 is 1.12 bits per heavy atom. The van der Waals surface area contributed by atoms with Crippen molar-refractivity contribution in [3.8, 4) is 0 Å². The lowest BCUT2D eigenvalue weighted by Gasteiger charge is -2.22. The first-order valence-corrected chi connectivity index (χ1v) is 22.1. The number of hydrogen-bond donors (Lipinski definition) is 8. The van der Waals surface area contributed by atoms with Crippen LogP contribution in [-0.2, 0) is 57.7 Å². The van der Waals surface area contributed by atoms with Crippen molar-refractivity contribution in [3.05, 3.63) is 160 Å². The largest absolute Gasteiger partial charge is 0.481 e. The summed E-state index contributed by atoms with van der Waals surface area (Å²) < 4.78 is 0. The van der Waals surface area contributed by atoms with Crippen LogP contribution in [0.5, 0.6) is 0 Å². The predicted octanol–water partition coefficient (Wildman–Crippen LogP) is 4.26. The zero-order valence-electron chi connectivity index (χ0n) is 37.4. The first kappa shape index (κ1) is 45.1. The number of nitrogens with two attached hydrogens (primary N) is 1. The van der Waals surface area contributed by atoms with E-state index in [4.69, 9.17) is 5.73 Å². The molecule has 5 heterocycles. The standard InChI is InChI=1S/C52H58N6O6/c1-7-34-31(6)49-48(51(63)45(24-33-17-13-10-14-18-33)58-52(64)38(53)23-32-15-11-9-12-16-32)50-35(8-2)28(3)41(56-50)25-39-29(4)36(19-21-46(59)60)43(54-39)27-44-37(20-22-47(61)62)30(5)40(55-44)26-42(34)57-49/h9-18,25-27,38,45,54-57H,7-8,19-24,53H2,1-6H3,(H,58,64)(H,59,60)(H,61,62)/t38-,45-/m0/s1. The number of amides is 1. The molecule has 6 aromatic rings. The van der Waals surface area contributed by atoms with E-state index < -0.39 is 29.9 Å². The molecule has 0 unspecified atom stereocenters. The number of rotatable bonds is 16. The molecule has 0 saturated heterocycles. The topological polar surface area (TPSA) is 210 Å². The number of carbonyl (C=O) groups is 4. The van der Waals surface area contributed by atoms with Gasteiger partial charge in [0.25, 0.3) is 0 Å². The molecule has 0 spiro atoms. The van der Waals surface area contributed by atoms with Gasteiger partial charge < -0.3 is 41.2 Å². The summed E-state index contributed by atoms with van der Waals surface area (Å²) in [7, 11) is 0. The van der Waals surface area contributed by atoms with Crippen molar-refractivity contribution >= 4 is 47.4 Å².